The largest absolute Gasteiger partial charge is 0.496 e. The summed E-state index contributed by atoms with van der Waals surface area (Å²) >= 11 is 1.45. The Kier molecular flexibility index (Phi) is 7.43. The highest BCUT2D eigenvalue weighted by Gasteiger charge is 2.42. The smallest absolute Gasteiger partial charge is 0.338 e. The monoisotopic (exact) mass is 443 g/mol. The maximum atomic E-state index is 13.0. The zero-order chi connectivity index (χ0) is 22.5. The van der Waals surface area contributed by atoms with E-state index in [1.165, 1.54) is 11.8 Å². The molecule has 31 heavy (non-hydrogen) atoms. The third-order valence-electron chi connectivity index (χ3n) is 5.29. The van der Waals surface area contributed by atoms with E-state index in [-0.39, 0.29) is 25.0 Å². The van der Waals surface area contributed by atoms with Crippen LogP contribution in [0.4, 0.5) is 0 Å². The number of ether oxygens (including phenoxy) is 2. The second-order valence-corrected chi connectivity index (χ2v) is 8.25. The number of benzene rings is 1. The van der Waals surface area contributed by atoms with Gasteiger partial charge in [0.1, 0.15) is 5.75 Å². The first-order valence-corrected chi connectivity index (χ1v) is 11.3. The van der Waals surface area contributed by atoms with Crippen LogP contribution in [0.15, 0.2) is 51.6 Å². The van der Waals surface area contributed by atoms with Gasteiger partial charge in [0.2, 0.25) is 5.91 Å². The lowest BCUT2D eigenvalue weighted by Gasteiger charge is -2.36. The Morgan fingerprint density at radius 3 is 2.71 bits per heavy atom. The number of hydrogen-bond acceptors (Lipinski definition) is 7. The highest BCUT2D eigenvalue weighted by molar-refractivity contribution is 8.16. The summed E-state index contributed by atoms with van der Waals surface area (Å²) in [5, 5.41) is 5.67. The SMILES string of the molecule is CCOC(=O)C1=C(C)N=C2SC=C(CC(=O)NC(C)CC)N2C1c1ccccc1OC. The highest BCUT2D eigenvalue weighted by Crippen LogP contribution is 2.46. The molecular weight excluding hydrogens is 414 g/mol. The molecule has 0 saturated heterocycles. The molecule has 0 bridgehead atoms. The number of allylic oxidation sites excluding steroid dienone is 1. The van der Waals surface area contributed by atoms with Gasteiger partial charge in [0.15, 0.2) is 5.17 Å². The number of nitrogens with zero attached hydrogens (tertiary/aromatic N) is 2. The van der Waals surface area contributed by atoms with Gasteiger partial charge in [-0.15, -0.1) is 0 Å². The third-order valence-corrected chi connectivity index (χ3v) is 6.18. The fourth-order valence-electron chi connectivity index (χ4n) is 3.62. The predicted octanol–water partition coefficient (Wildman–Crippen LogP) is 4.14. The molecule has 2 heterocycles. The van der Waals surface area contributed by atoms with E-state index in [1.54, 1.807) is 14.0 Å². The van der Waals surface area contributed by atoms with Crippen LogP contribution in [-0.2, 0) is 14.3 Å². The quantitative estimate of drug-likeness (QED) is 0.609. The van der Waals surface area contributed by atoms with Crippen molar-refractivity contribution in [1.29, 1.82) is 0 Å². The van der Waals surface area contributed by atoms with Crippen molar-refractivity contribution in [2.75, 3.05) is 13.7 Å². The summed E-state index contributed by atoms with van der Waals surface area (Å²) in [5.74, 6) is 0.174. The van der Waals surface area contributed by atoms with Crippen molar-refractivity contribution < 1.29 is 19.1 Å². The zero-order valence-electron chi connectivity index (χ0n) is 18.6. The van der Waals surface area contributed by atoms with Crippen molar-refractivity contribution in [2.24, 2.45) is 4.99 Å². The highest BCUT2D eigenvalue weighted by atomic mass is 32.2. The first-order valence-electron chi connectivity index (χ1n) is 10.4. The molecule has 2 aliphatic rings. The molecule has 0 spiro atoms. The number of para-hydroxylation sites is 1. The van der Waals surface area contributed by atoms with Crippen molar-refractivity contribution >= 4 is 28.8 Å². The van der Waals surface area contributed by atoms with Gasteiger partial charge in [-0.25, -0.2) is 9.79 Å². The van der Waals surface area contributed by atoms with Crippen LogP contribution in [0.5, 0.6) is 5.75 Å². The van der Waals surface area contributed by atoms with Crippen molar-refractivity contribution in [1.82, 2.24) is 10.2 Å². The van der Waals surface area contributed by atoms with E-state index in [0.717, 1.165) is 22.8 Å². The lowest BCUT2D eigenvalue weighted by atomic mass is 9.93. The number of fused-ring (bicyclic) bond motifs is 1. The minimum absolute atomic E-state index is 0.0646. The molecule has 0 radical (unpaired) electrons. The van der Waals surface area contributed by atoms with E-state index in [2.05, 4.69) is 10.3 Å². The molecule has 1 N–H and O–H groups in total. The summed E-state index contributed by atoms with van der Waals surface area (Å²) in [6.45, 7) is 7.86. The number of amides is 1. The van der Waals surface area contributed by atoms with Crippen molar-refractivity contribution in [3.05, 3.63) is 52.2 Å². The molecule has 8 heteroatoms. The number of amidine groups is 1. The minimum Gasteiger partial charge on any atom is -0.496 e. The molecule has 2 aliphatic heterocycles. The van der Waals surface area contributed by atoms with Crippen LogP contribution in [0, 0.1) is 0 Å². The molecule has 2 unspecified atom stereocenters. The first kappa shape index (κ1) is 22.9. The molecule has 1 aromatic carbocycles. The fourth-order valence-corrected chi connectivity index (χ4v) is 4.58. The van der Waals surface area contributed by atoms with E-state index < -0.39 is 12.0 Å². The Balaban J connectivity index is 2.04. The van der Waals surface area contributed by atoms with E-state index in [1.807, 2.05) is 55.3 Å². The van der Waals surface area contributed by atoms with E-state index in [0.29, 0.717) is 17.0 Å². The molecule has 3 rings (SSSR count). The fraction of sp³-hybridized carbons (Fsp3) is 0.435. The van der Waals surface area contributed by atoms with E-state index >= 15 is 0 Å². The van der Waals surface area contributed by atoms with Crippen molar-refractivity contribution in [3.63, 3.8) is 0 Å². The van der Waals surface area contributed by atoms with Crippen molar-refractivity contribution in [3.8, 4) is 5.75 Å². The van der Waals surface area contributed by atoms with E-state index in [4.69, 9.17) is 9.47 Å². The molecule has 0 aromatic heterocycles. The van der Waals surface area contributed by atoms with E-state index in [9.17, 15) is 9.59 Å². The van der Waals surface area contributed by atoms with Gasteiger partial charge in [0.25, 0.3) is 0 Å². The lowest BCUT2D eigenvalue weighted by molar-refractivity contribution is -0.139. The summed E-state index contributed by atoms with van der Waals surface area (Å²) in [7, 11) is 1.60. The average molecular weight is 444 g/mol. The number of rotatable bonds is 8. The van der Waals surface area contributed by atoms with Crippen LogP contribution in [0.1, 0.15) is 52.1 Å². The van der Waals surface area contributed by atoms with Crippen LogP contribution in [0.25, 0.3) is 0 Å². The van der Waals surface area contributed by atoms with Crippen LogP contribution in [-0.4, -0.2) is 41.7 Å². The average Bonchev–Trinajstić information content (AvgIpc) is 3.14. The third kappa shape index (κ3) is 4.79. The van der Waals surface area contributed by atoms with Gasteiger partial charge < -0.3 is 19.7 Å². The Labute approximate surface area is 187 Å². The van der Waals surface area contributed by atoms with Gasteiger partial charge >= 0.3 is 5.97 Å². The molecular formula is C23H29N3O4S. The maximum absolute atomic E-state index is 13.0. The normalized spacial score (nSPS) is 18.7. The number of thioether (sulfide) groups is 1. The molecule has 1 aromatic rings. The van der Waals surface area contributed by atoms with Crippen LogP contribution < -0.4 is 10.1 Å². The van der Waals surface area contributed by atoms with Crippen LogP contribution in [0.2, 0.25) is 0 Å². The molecule has 1 amide bonds. The molecule has 2 atom stereocenters. The number of carbonyl (C=O) groups excluding carboxylic acids is 2. The van der Waals surface area contributed by atoms with Gasteiger partial charge in [0, 0.05) is 17.3 Å². The van der Waals surface area contributed by atoms with Crippen LogP contribution in [0.3, 0.4) is 0 Å². The Morgan fingerprint density at radius 1 is 1.29 bits per heavy atom. The standard InChI is InChI=1S/C23H29N3O4S/c1-6-14(3)24-19(27)12-16-13-31-23-25-15(4)20(22(28)30-7-2)21(26(16)23)17-10-8-9-11-18(17)29-5/h8-11,13-14,21H,6-7,12H2,1-5H3,(H,24,27). The minimum atomic E-state index is -0.500. The number of methoxy groups -OCH3 is 1. The summed E-state index contributed by atoms with van der Waals surface area (Å²) in [5.41, 5.74) is 2.66. The topological polar surface area (TPSA) is 80.2 Å². The molecule has 0 aliphatic carbocycles. The second-order valence-electron chi connectivity index (χ2n) is 7.41. The summed E-state index contributed by atoms with van der Waals surface area (Å²) in [4.78, 5) is 32.2. The van der Waals surface area contributed by atoms with Gasteiger partial charge in [-0.3, -0.25) is 4.79 Å². The molecule has 7 nitrogen and oxygen atoms in total. The number of carbonyl (C=O) groups is 2. The van der Waals surface area contributed by atoms with Gasteiger partial charge in [-0.05, 0) is 38.7 Å². The summed E-state index contributed by atoms with van der Waals surface area (Å²) in [6.07, 6.45) is 1.05. The van der Waals surface area contributed by atoms with Gasteiger partial charge in [-0.1, -0.05) is 36.9 Å². The Morgan fingerprint density at radius 2 is 2.03 bits per heavy atom. The van der Waals surface area contributed by atoms with Gasteiger partial charge in [-0.2, -0.15) is 0 Å². The van der Waals surface area contributed by atoms with Crippen molar-refractivity contribution in [2.45, 2.75) is 52.6 Å². The van der Waals surface area contributed by atoms with Gasteiger partial charge in [0.05, 0.1) is 37.4 Å². The number of nitrogens with one attached hydrogen (secondary N) is 1. The lowest BCUT2D eigenvalue weighted by Crippen LogP contribution is -2.39. The molecule has 166 valence electrons. The number of hydrogen-bond donors (Lipinski definition) is 1. The maximum Gasteiger partial charge on any atom is 0.338 e. The predicted molar refractivity (Wildman–Crippen MR) is 123 cm³/mol. The molecule has 0 fully saturated rings. The second kappa shape index (κ2) is 10.0. The summed E-state index contributed by atoms with van der Waals surface area (Å²) < 4.78 is 11.0. The molecule has 0 saturated carbocycles. The summed E-state index contributed by atoms with van der Waals surface area (Å²) in [6, 6.07) is 7.18. The Bertz CT molecular complexity index is 954. The first-order chi connectivity index (χ1) is 14.9. The number of aliphatic imine (C=N–C) groups is 1. The Hall–Kier alpha value is -2.74. The van der Waals surface area contributed by atoms with Crippen LogP contribution >= 0.6 is 11.8 Å². The zero-order valence-corrected chi connectivity index (χ0v) is 19.4. The number of esters is 1.